The summed E-state index contributed by atoms with van der Waals surface area (Å²) in [4.78, 5) is 8.32. The van der Waals surface area contributed by atoms with Crippen molar-refractivity contribution in [2.24, 2.45) is 0 Å². The number of rotatable bonds is 5. The first-order chi connectivity index (χ1) is 11.0. The van der Waals surface area contributed by atoms with Gasteiger partial charge in [0.2, 0.25) is 0 Å². The highest BCUT2D eigenvalue weighted by atomic mass is 17.1. The monoisotopic (exact) mass is 318 g/mol. The molecule has 23 heavy (non-hydrogen) atoms. The van der Waals surface area contributed by atoms with Crippen LogP contribution in [0, 0.1) is 0 Å². The summed E-state index contributed by atoms with van der Waals surface area (Å²) in [6.45, 7) is 8.46. The van der Waals surface area contributed by atoms with Crippen molar-refractivity contribution in [3.05, 3.63) is 59.7 Å². The van der Waals surface area contributed by atoms with Crippen LogP contribution in [0.15, 0.2) is 48.5 Å². The lowest BCUT2D eigenvalue weighted by Gasteiger charge is -2.11. The van der Waals surface area contributed by atoms with Crippen LogP contribution < -0.4 is 9.78 Å². The highest BCUT2D eigenvalue weighted by molar-refractivity contribution is 5.35. The van der Waals surface area contributed by atoms with Gasteiger partial charge in [-0.25, -0.2) is 10.5 Å². The van der Waals surface area contributed by atoms with Gasteiger partial charge in [-0.05, 0) is 42.0 Å². The Balaban J connectivity index is 0.000000231. The summed E-state index contributed by atoms with van der Waals surface area (Å²) < 4.78 is 0. The minimum atomic E-state index is 0.424. The van der Waals surface area contributed by atoms with Gasteiger partial charge in [0, 0.05) is 5.56 Å². The zero-order valence-electron chi connectivity index (χ0n) is 14.2. The van der Waals surface area contributed by atoms with E-state index in [0.717, 1.165) is 12.0 Å². The van der Waals surface area contributed by atoms with Crippen molar-refractivity contribution >= 4 is 0 Å². The van der Waals surface area contributed by atoms with E-state index in [0.29, 0.717) is 23.3 Å². The molecule has 4 heteroatoms. The Kier molecular flexibility index (Phi) is 8.16. The summed E-state index contributed by atoms with van der Waals surface area (Å²) in [5.41, 5.74) is 2.30. The maximum atomic E-state index is 8.56. The van der Waals surface area contributed by atoms with E-state index in [1.807, 2.05) is 30.3 Å². The molecule has 126 valence electrons. The van der Waals surface area contributed by atoms with Crippen LogP contribution in [-0.2, 0) is 0 Å². The van der Waals surface area contributed by atoms with E-state index >= 15 is 0 Å². The molecule has 0 saturated carbocycles. The summed E-state index contributed by atoms with van der Waals surface area (Å²) in [5, 5.41) is 16.8. The molecule has 1 atom stereocenters. The molecule has 4 nitrogen and oxygen atoms in total. The summed E-state index contributed by atoms with van der Waals surface area (Å²) >= 11 is 0. The lowest BCUT2D eigenvalue weighted by Crippen LogP contribution is -1.95. The van der Waals surface area contributed by atoms with Gasteiger partial charge in [-0.1, -0.05) is 58.0 Å². The number of para-hydroxylation sites is 1. The first kappa shape index (κ1) is 19.0. The zero-order chi connectivity index (χ0) is 17.2. The summed E-state index contributed by atoms with van der Waals surface area (Å²) in [6.07, 6.45) is 1.04. The van der Waals surface area contributed by atoms with Gasteiger partial charge >= 0.3 is 0 Å². The second kappa shape index (κ2) is 9.87. The van der Waals surface area contributed by atoms with E-state index in [1.165, 1.54) is 5.56 Å². The third-order valence-electron chi connectivity index (χ3n) is 3.81. The third kappa shape index (κ3) is 5.93. The van der Waals surface area contributed by atoms with E-state index in [1.54, 1.807) is 18.2 Å². The molecular weight excluding hydrogens is 292 g/mol. The molecule has 0 fully saturated rings. The molecule has 2 aromatic rings. The van der Waals surface area contributed by atoms with Crippen LogP contribution in [0.1, 0.15) is 57.1 Å². The molecule has 2 N–H and O–H groups in total. The van der Waals surface area contributed by atoms with Gasteiger partial charge in [0.15, 0.2) is 11.5 Å². The topological polar surface area (TPSA) is 58.9 Å². The molecule has 2 rings (SSSR count). The van der Waals surface area contributed by atoms with Crippen LogP contribution in [0.5, 0.6) is 11.5 Å². The van der Waals surface area contributed by atoms with Crippen LogP contribution in [0.25, 0.3) is 0 Å². The molecule has 0 saturated heterocycles. The number of hydrogen-bond acceptors (Lipinski definition) is 4. The predicted molar refractivity (Wildman–Crippen MR) is 92.2 cm³/mol. The van der Waals surface area contributed by atoms with Crippen molar-refractivity contribution in [3.63, 3.8) is 0 Å². The van der Waals surface area contributed by atoms with Crippen LogP contribution in [0.4, 0.5) is 0 Å². The first-order valence-electron chi connectivity index (χ1n) is 7.85. The highest BCUT2D eigenvalue weighted by Gasteiger charge is 2.08. The Labute approximate surface area is 138 Å². The predicted octanol–water partition coefficient (Wildman–Crippen LogP) is 5.71. The molecule has 0 aliphatic heterocycles. The largest absolute Gasteiger partial charge is 0.340 e. The van der Waals surface area contributed by atoms with Gasteiger partial charge in [0.05, 0.1) is 0 Å². The van der Waals surface area contributed by atoms with Gasteiger partial charge in [-0.15, -0.1) is 0 Å². The van der Waals surface area contributed by atoms with E-state index in [2.05, 4.69) is 37.5 Å². The summed E-state index contributed by atoms with van der Waals surface area (Å²) in [5.74, 6) is 1.98. The van der Waals surface area contributed by atoms with E-state index < -0.39 is 0 Å². The van der Waals surface area contributed by atoms with Crippen LogP contribution in [0.2, 0.25) is 0 Å². The van der Waals surface area contributed by atoms with Crippen molar-refractivity contribution < 1.29 is 20.3 Å². The summed E-state index contributed by atoms with van der Waals surface area (Å²) in [6, 6.07) is 14.9. The maximum Gasteiger partial charge on any atom is 0.168 e. The molecule has 0 radical (unpaired) electrons. The minimum Gasteiger partial charge on any atom is -0.340 e. The van der Waals surface area contributed by atoms with Crippen LogP contribution >= 0.6 is 0 Å². The minimum absolute atomic E-state index is 0.424. The molecule has 0 spiro atoms. The van der Waals surface area contributed by atoms with Crippen molar-refractivity contribution in [3.8, 4) is 11.5 Å². The lowest BCUT2D eigenvalue weighted by molar-refractivity contribution is -0.138. The number of hydrogen-bond donors (Lipinski definition) is 2. The average Bonchev–Trinajstić information content (AvgIpc) is 2.61. The van der Waals surface area contributed by atoms with Gasteiger partial charge in [-0.2, -0.15) is 0 Å². The Morgan fingerprint density at radius 1 is 0.870 bits per heavy atom. The van der Waals surface area contributed by atoms with Crippen molar-refractivity contribution in [2.75, 3.05) is 0 Å². The fourth-order valence-electron chi connectivity index (χ4n) is 2.10. The molecule has 2 aromatic carbocycles. The molecule has 0 amide bonds. The standard InChI is InChI=1S/C10H14O2.C9H12O2/c1-3-8(2)9-6-4-5-7-10(9)12-11;1-7(2)8-3-5-9(11-10)6-4-8/h4-8,11H,3H2,1-2H3;3-7,10H,1-2H3. The van der Waals surface area contributed by atoms with Crippen molar-refractivity contribution in [1.82, 2.24) is 0 Å². The maximum absolute atomic E-state index is 8.56. The van der Waals surface area contributed by atoms with E-state index in [9.17, 15) is 0 Å². The Bertz CT molecular complexity index is 564. The molecule has 0 aromatic heterocycles. The van der Waals surface area contributed by atoms with Crippen LogP contribution in [-0.4, -0.2) is 10.5 Å². The Morgan fingerprint density at radius 2 is 1.48 bits per heavy atom. The normalized spacial score (nSPS) is 11.4. The Morgan fingerprint density at radius 3 is 1.96 bits per heavy atom. The fraction of sp³-hybridized carbons (Fsp3) is 0.368. The molecule has 0 heterocycles. The lowest BCUT2D eigenvalue weighted by atomic mass is 9.98. The molecule has 0 aliphatic rings. The first-order valence-corrected chi connectivity index (χ1v) is 7.85. The van der Waals surface area contributed by atoms with Gasteiger partial charge in [0.25, 0.3) is 0 Å². The van der Waals surface area contributed by atoms with Gasteiger partial charge in [-0.3, -0.25) is 0 Å². The van der Waals surface area contributed by atoms with Crippen molar-refractivity contribution in [2.45, 2.75) is 46.0 Å². The second-order valence-corrected chi connectivity index (χ2v) is 5.75. The molecule has 1 unspecified atom stereocenters. The highest BCUT2D eigenvalue weighted by Crippen LogP contribution is 2.27. The van der Waals surface area contributed by atoms with Gasteiger partial charge < -0.3 is 9.78 Å². The van der Waals surface area contributed by atoms with E-state index in [4.69, 9.17) is 10.5 Å². The van der Waals surface area contributed by atoms with E-state index in [-0.39, 0.29) is 0 Å². The SMILES string of the molecule is CC(C)c1ccc(OO)cc1.CCC(C)c1ccccc1OO. The fourth-order valence-corrected chi connectivity index (χ4v) is 2.10. The molecular formula is C19H26O4. The number of benzene rings is 2. The zero-order valence-corrected chi connectivity index (χ0v) is 14.2. The Hall–Kier alpha value is -2.04. The smallest absolute Gasteiger partial charge is 0.168 e. The molecule has 0 aliphatic carbocycles. The quantitative estimate of drug-likeness (QED) is 0.547. The van der Waals surface area contributed by atoms with Crippen molar-refractivity contribution in [1.29, 1.82) is 0 Å². The average molecular weight is 318 g/mol. The third-order valence-corrected chi connectivity index (χ3v) is 3.81. The van der Waals surface area contributed by atoms with Crippen LogP contribution in [0.3, 0.4) is 0 Å². The van der Waals surface area contributed by atoms with Gasteiger partial charge in [0.1, 0.15) is 0 Å². The summed E-state index contributed by atoms with van der Waals surface area (Å²) in [7, 11) is 0. The second-order valence-electron chi connectivity index (χ2n) is 5.75. The molecule has 0 bridgehead atoms.